The molecule has 16 heavy (non-hydrogen) atoms. The van der Waals surface area contributed by atoms with Crippen LogP contribution in [0.2, 0.25) is 0 Å². The molecule has 0 aliphatic heterocycles. The molecule has 0 N–H and O–H groups in total. The smallest absolute Gasteiger partial charge is 0.330 e. The Morgan fingerprint density at radius 2 is 2.31 bits per heavy atom. The van der Waals surface area contributed by atoms with Crippen LogP contribution in [0, 0.1) is 0 Å². The lowest BCUT2D eigenvalue weighted by atomic mass is 10.2. The summed E-state index contributed by atoms with van der Waals surface area (Å²) >= 11 is 3.33. The molecule has 0 atom stereocenters. The molecular formula is C10H10BrNO4. The van der Waals surface area contributed by atoms with Gasteiger partial charge in [-0.1, -0.05) is 22.0 Å². The van der Waals surface area contributed by atoms with E-state index in [0.29, 0.717) is 16.3 Å². The Morgan fingerprint density at radius 1 is 1.50 bits per heavy atom. The number of fused-ring (bicyclic) bond motifs is 1. The van der Waals surface area contributed by atoms with E-state index in [-0.39, 0.29) is 12.4 Å². The Kier molecular flexibility index (Phi) is 3.31. The molecule has 0 aliphatic carbocycles. The highest BCUT2D eigenvalue weighted by atomic mass is 79.9. The van der Waals surface area contributed by atoms with Crippen LogP contribution >= 0.6 is 15.9 Å². The highest BCUT2D eigenvalue weighted by Gasteiger charge is 2.10. The summed E-state index contributed by atoms with van der Waals surface area (Å²) in [7, 11) is 1.47. The predicted octanol–water partition coefficient (Wildman–Crippen LogP) is 1.52. The molecule has 0 fully saturated rings. The highest BCUT2D eigenvalue weighted by molar-refractivity contribution is 9.08. The van der Waals surface area contributed by atoms with Gasteiger partial charge in [0.05, 0.1) is 5.39 Å². The summed E-state index contributed by atoms with van der Waals surface area (Å²) in [5, 5.41) is 1.19. The van der Waals surface area contributed by atoms with Crippen molar-refractivity contribution in [1.29, 1.82) is 0 Å². The van der Waals surface area contributed by atoms with Gasteiger partial charge in [-0.05, 0) is 17.7 Å². The van der Waals surface area contributed by atoms with Crippen LogP contribution in [0.1, 0.15) is 5.56 Å². The number of benzene rings is 1. The maximum absolute atomic E-state index is 11.7. The standard InChI is InChI=1S/C10H10BrNO4/c1-14-6-15-12-10(13)8-3-2-7(5-11)4-9(8)16-12/h2-4H,5-6H2,1H3. The lowest BCUT2D eigenvalue weighted by molar-refractivity contribution is -0.107. The van der Waals surface area contributed by atoms with Gasteiger partial charge in [0.15, 0.2) is 5.58 Å². The molecule has 5 nitrogen and oxygen atoms in total. The molecule has 2 rings (SSSR count). The topological polar surface area (TPSA) is 53.6 Å². The monoisotopic (exact) mass is 287 g/mol. The van der Waals surface area contributed by atoms with Gasteiger partial charge < -0.3 is 14.1 Å². The molecule has 0 aliphatic rings. The van der Waals surface area contributed by atoms with E-state index in [1.807, 2.05) is 6.07 Å². The zero-order valence-electron chi connectivity index (χ0n) is 8.60. The minimum atomic E-state index is -0.326. The first-order valence-electron chi connectivity index (χ1n) is 4.59. The van der Waals surface area contributed by atoms with E-state index >= 15 is 0 Å². The molecule has 86 valence electrons. The summed E-state index contributed by atoms with van der Waals surface area (Å²) in [4.78, 5) is 17.5. The second-order valence-electron chi connectivity index (χ2n) is 3.15. The second kappa shape index (κ2) is 4.71. The van der Waals surface area contributed by atoms with Gasteiger partial charge in [-0.15, -0.1) is 0 Å². The third-order valence-electron chi connectivity index (χ3n) is 2.07. The first-order chi connectivity index (χ1) is 7.76. The van der Waals surface area contributed by atoms with Gasteiger partial charge >= 0.3 is 5.56 Å². The van der Waals surface area contributed by atoms with Gasteiger partial charge in [-0.2, -0.15) is 0 Å². The largest absolute Gasteiger partial charge is 0.353 e. The molecular weight excluding hydrogens is 278 g/mol. The Bertz CT molecular complexity index is 545. The lowest BCUT2D eigenvalue weighted by Gasteiger charge is -1.99. The third kappa shape index (κ3) is 1.98. The van der Waals surface area contributed by atoms with Gasteiger partial charge in [0.25, 0.3) is 0 Å². The van der Waals surface area contributed by atoms with Crippen molar-refractivity contribution >= 4 is 26.9 Å². The molecule has 0 saturated heterocycles. The third-order valence-corrected chi connectivity index (χ3v) is 2.71. The number of nitrogens with zero attached hydrogens (tertiary/aromatic N) is 1. The molecule has 0 bridgehead atoms. The van der Waals surface area contributed by atoms with Crippen molar-refractivity contribution in [3.8, 4) is 0 Å². The Morgan fingerprint density at radius 3 is 3.00 bits per heavy atom. The van der Waals surface area contributed by atoms with E-state index in [0.717, 1.165) is 10.5 Å². The van der Waals surface area contributed by atoms with Crippen LogP contribution in [0.4, 0.5) is 0 Å². The van der Waals surface area contributed by atoms with E-state index in [1.165, 1.54) is 7.11 Å². The Labute approximate surface area is 99.6 Å². The number of hydrogen-bond acceptors (Lipinski definition) is 4. The average molecular weight is 288 g/mol. The molecule has 0 amide bonds. The van der Waals surface area contributed by atoms with Crippen LogP contribution in [0.15, 0.2) is 27.5 Å². The molecule has 0 radical (unpaired) electrons. The van der Waals surface area contributed by atoms with Crippen LogP contribution in [-0.2, 0) is 10.1 Å². The lowest BCUT2D eigenvalue weighted by Crippen LogP contribution is -2.23. The second-order valence-corrected chi connectivity index (χ2v) is 3.71. The first-order valence-corrected chi connectivity index (χ1v) is 5.71. The van der Waals surface area contributed by atoms with E-state index in [4.69, 9.17) is 14.1 Å². The SMILES string of the molecule is COCOn1oc2cc(CBr)ccc2c1=O. The zero-order valence-corrected chi connectivity index (χ0v) is 10.2. The molecule has 1 heterocycles. The minimum absolute atomic E-state index is 0.0367. The van der Waals surface area contributed by atoms with Crippen molar-refractivity contribution in [3.05, 3.63) is 34.1 Å². The predicted molar refractivity (Wildman–Crippen MR) is 61.6 cm³/mol. The van der Waals surface area contributed by atoms with E-state index in [9.17, 15) is 4.79 Å². The maximum Gasteiger partial charge on any atom is 0.330 e. The quantitative estimate of drug-likeness (QED) is 0.632. The molecule has 6 heteroatoms. The Hall–Kier alpha value is -1.27. The number of ether oxygens (including phenoxy) is 1. The Balaban J connectivity index is 2.46. The van der Waals surface area contributed by atoms with Gasteiger partial charge in [-0.25, -0.2) is 0 Å². The summed E-state index contributed by atoms with van der Waals surface area (Å²) in [6.07, 6.45) is 0. The van der Waals surface area contributed by atoms with Crippen LogP contribution in [-0.4, -0.2) is 18.8 Å². The normalized spacial score (nSPS) is 10.9. The number of methoxy groups -OCH3 is 1. The molecule has 0 saturated carbocycles. The number of hydrogen-bond donors (Lipinski definition) is 0. The van der Waals surface area contributed by atoms with Crippen molar-refractivity contribution in [2.24, 2.45) is 0 Å². The molecule has 1 aromatic carbocycles. The van der Waals surface area contributed by atoms with Gasteiger partial charge in [0, 0.05) is 17.3 Å². The minimum Gasteiger partial charge on any atom is -0.353 e. The van der Waals surface area contributed by atoms with Crippen molar-refractivity contribution in [1.82, 2.24) is 4.90 Å². The fraction of sp³-hybridized carbons (Fsp3) is 0.300. The van der Waals surface area contributed by atoms with Crippen molar-refractivity contribution in [3.63, 3.8) is 0 Å². The van der Waals surface area contributed by atoms with Crippen LogP contribution < -0.4 is 10.4 Å². The highest BCUT2D eigenvalue weighted by Crippen LogP contribution is 2.14. The van der Waals surface area contributed by atoms with Crippen molar-refractivity contribution < 1.29 is 14.1 Å². The van der Waals surface area contributed by atoms with Crippen LogP contribution in [0.5, 0.6) is 0 Å². The molecule has 2 aromatic rings. The molecule has 0 unspecified atom stereocenters. The van der Waals surface area contributed by atoms with Crippen molar-refractivity contribution in [2.45, 2.75) is 5.33 Å². The van der Waals surface area contributed by atoms with Gasteiger partial charge in [-0.3, -0.25) is 4.79 Å². The van der Waals surface area contributed by atoms with E-state index < -0.39 is 0 Å². The maximum atomic E-state index is 11.7. The van der Waals surface area contributed by atoms with Gasteiger partial charge in [0.1, 0.15) is 0 Å². The number of aromatic nitrogens is 1. The van der Waals surface area contributed by atoms with Crippen LogP contribution in [0.3, 0.4) is 0 Å². The van der Waals surface area contributed by atoms with E-state index in [2.05, 4.69) is 15.9 Å². The average Bonchev–Trinajstić information content (AvgIpc) is 2.63. The van der Waals surface area contributed by atoms with E-state index in [1.54, 1.807) is 12.1 Å². The van der Waals surface area contributed by atoms with Crippen LogP contribution in [0.25, 0.3) is 11.0 Å². The number of alkyl halides is 1. The number of rotatable bonds is 4. The van der Waals surface area contributed by atoms with Gasteiger partial charge in [0.2, 0.25) is 6.79 Å². The first kappa shape index (κ1) is 11.2. The fourth-order valence-electron chi connectivity index (χ4n) is 1.32. The van der Waals surface area contributed by atoms with Crippen molar-refractivity contribution in [2.75, 3.05) is 13.9 Å². The summed E-state index contributed by atoms with van der Waals surface area (Å²) in [6, 6.07) is 5.36. The molecule has 0 spiro atoms. The fourth-order valence-corrected chi connectivity index (χ4v) is 1.67. The summed E-state index contributed by atoms with van der Waals surface area (Å²) in [5.74, 6) is 0. The summed E-state index contributed by atoms with van der Waals surface area (Å²) in [6.45, 7) is -0.0367. The summed E-state index contributed by atoms with van der Waals surface area (Å²) in [5.41, 5.74) is 1.20. The number of halogens is 1. The zero-order chi connectivity index (χ0) is 11.5. The molecule has 1 aromatic heterocycles. The summed E-state index contributed by atoms with van der Waals surface area (Å²) < 4.78 is 9.92.